The van der Waals surface area contributed by atoms with Crippen molar-refractivity contribution in [1.82, 2.24) is 25.9 Å². The quantitative estimate of drug-likeness (QED) is 0.0393. The van der Waals surface area contributed by atoms with Crippen molar-refractivity contribution in [1.29, 1.82) is 0 Å². The van der Waals surface area contributed by atoms with E-state index in [2.05, 4.69) is 25.9 Å². The molecular formula is C46H60N5O8P. The number of amides is 3. The van der Waals surface area contributed by atoms with Gasteiger partial charge in [-0.05, 0) is 46.6 Å². The van der Waals surface area contributed by atoms with Gasteiger partial charge in [0.15, 0.2) is 8.03 Å². The topological polar surface area (TPSA) is 178 Å². The van der Waals surface area contributed by atoms with Crippen molar-refractivity contribution in [2.45, 2.75) is 115 Å². The molecule has 2 aliphatic carbocycles. The van der Waals surface area contributed by atoms with E-state index in [0.29, 0.717) is 24.5 Å². The third-order valence-electron chi connectivity index (χ3n) is 11.9. The van der Waals surface area contributed by atoms with Gasteiger partial charge >= 0.3 is 12.1 Å². The summed E-state index contributed by atoms with van der Waals surface area (Å²) < 4.78 is 30.7. The Morgan fingerprint density at radius 2 is 1.42 bits per heavy atom. The predicted octanol–water partition coefficient (Wildman–Crippen LogP) is 7.79. The molecule has 0 aliphatic heterocycles. The first kappa shape index (κ1) is 44.5. The molecule has 14 heteroatoms. The molecule has 6 rings (SSSR count). The van der Waals surface area contributed by atoms with Crippen LogP contribution in [0.4, 0.5) is 4.79 Å². The molecule has 4 aromatic rings. The number of hydrogen-bond donors (Lipinski definition) is 4. The molecule has 1 heterocycles. The minimum atomic E-state index is -2.82. The minimum absolute atomic E-state index is 0.00590. The lowest BCUT2D eigenvalue weighted by molar-refractivity contribution is -0.145. The number of carbonyl (C=O) groups excluding carboxylic acids is 4. The normalized spacial score (nSPS) is 17.4. The first-order valence-corrected chi connectivity index (χ1v) is 23.1. The van der Waals surface area contributed by atoms with Crippen LogP contribution >= 0.6 is 8.03 Å². The number of benzene rings is 3. The number of esters is 1. The minimum Gasteiger partial charge on any atom is -0.469 e. The summed E-state index contributed by atoms with van der Waals surface area (Å²) in [5.41, 5.74) is 2.14. The number of alkyl carbamates (subject to hydrolysis) is 1. The molecule has 4 unspecified atom stereocenters. The van der Waals surface area contributed by atoms with Gasteiger partial charge in [-0.1, -0.05) is 137 Å². The summed E-state index contributed by atoms with van der Waals surface area (Å²) in [6.45, 7) is 0.00590. The first-order chi connectivity index (χ1) is 29.2. The number of carbonyl (C=O) groups is 4. The smallest absolute Gasteiger partial charge is 0.408 e. The Morgan fingerprint density at radius 3 is 2.12 bits per heavy atom. The molecular weight excluding hydrogens is 782 g/mol. The predicted molar refractivity (Wildman–Crippen MR) is 230 cm³/mol. The summed E-state index contributed by atoms with van der Waals surface area (Å²) in [6, 6.07) is 20.5. The van der Waals surface area contributed by atoms with E-state index >= 15 is 0 Å². The van der Waals surface area contributed by atoms with Crippen molar-refractivity contribution in [2.24, 2.45) is 17.8 Å². The van der Waals surface area contributed by atoms with Crippen molar-refractivity contribution in [3.05, 3.63) is 102 Å². The molecule has 2 aliphatic rings. The maximum absolute atomic E-state index is 14.4. The fourth-order valence-corrected chi connectivity index (χ4v) is 9.99. The molecule has 1 aromatic heterocycles. The molecule has 2 fully saturated rings. The van der Waals surface area contributed by atoms with Crippen molar-refractivity contribution in [3.63, 3.8) is 0 Å². The second kappa shape index (κ2) is 23.1. The standard InChI is InChI=1S/C46H60N5O8P/c1-57-45(54)37(24-32-14-5-2-6-15-32)30-60(56)59-42(25-33-16-7-3-8-17-33)51-44(53)41(27-38-28-47-31-48-38)49-43(52)40(50-46(55)58-29-34-18-9-4-10-19-34)26-36-22-13-21-35-20-11-12-23-39(35)36/h4,9-13,18-23,28,31-33,37,40-42,60H,2-3,5-8,14-17,24-27,29-30H2,1H3,(H,47,48)(H,49,52)(H,50,55)(H,51,53)/t37?,40?,41-,42?/m0/s1. The number of methoxy groups -OCH3 is 1. The van der Waals surface area contributed by atoms with Crippen LogP contribution in [-0.4, -0.2) is 65.4 Å². The number of nitrogens with zero attached hydrogens (tertiary/aromatic N) is 1. The first-order valence-electron chi connectivity index (χ1n) is 21.5. The molecule has 13 nitrogen and oxygen atoms in total. The van der Waals surface area contributed by atoms with Gasteiger partial charge in [0, 0.05) is 25.2 Å². The number of hydrogen-bond acceptors (Lipinski definition) is 9. The number of rotatable bonds is 20. The molecule has 2 saturated carbocycles. The third kappa shape index (κ3) is 13.8. The van der Waals surface area contributed by atoms with E-state index in [0.717, 1.165) is 79.7 Å². The second-order valence-corrected chi connectivity index (χ2v) is 17.7. The van der Waals surface area contributed by atoms with E-state index in [9.17, 15) is 23.7 Å². The Morgan fingerprint density at radius 1 is 0.767 bits per heavy atom. The summed E-state index contributed by atoms with van der Waals surface area (Å²) in [7, 11) is -1.47. The second-order valence-electron chi connectivity index (χ2n) is 16.3. The number of aromatic amines is 1. The molecule has 3 aromatic carbocycles. The highest BCUT2D eigenvalue weighted by Gasteiger charge is 2.33. The Kier molecular flexibility index (Phi) is 17.2. The fraction of sp³-hybridized carbons (Fsp3) is 0.500. The highest BCUT2D eigenvalue weighted by molar-refractivity contribution is 7.39. The van der Waals surface area contributed by atoms with Crippen LogP contribution in [-0.2, 0) is 52.4 Å². The van der Waals surface area contributed by atoms with Crippen molar-refractivity contribution >= 4 is 42.7 Å². The van der Waals surface area contributed by atoms with E-state index in [-0.39, 0.29) is 31.5 Å². The number of imidazole rings is 1. The molecule has 60 heavy (non-hydrogen) atoms. The molecule has 0 radical (unpaired) electrons. The van der Waals surface area contributed by atoms with Crippen LogP contribution in [0.5, 0.6) is 0 Å². The van der Waals surface area contributed by atoms with Gasteiger partial charge < -0.3 is 34.9 Å². The molecule has 0 bridgehead atoms. The number of aromatic nitrogens is 2. The molecule has 3 amide bonds. The summed E-state index contributed by atoms with van der Waals surface area (Å²) in [5.74, 6) is -1.50. The van der Waals surface area contributed by atoms with Crippen molar-refractivity contribution in [2.75, 3.05) is 13.3 Å². The number of ether oxygens (including phenoxy) is 2. The van der Waals surface area contributed by atoms with E-state index < -0.39 is 56.1 Å². The fourth-order valence-electron chi connectivity index (χ4n) is 8.68. The van der Waals surface area contributed by atoms with E-state index in [1.807, 2.05) is 72.8 Å². The molecule has 0 spiro atoms. The van der Waals surface area contributed by atoms with E-state index in [1.54, 1.807) is 6.20 Å². The SMILES string of the molecule is COC(=O)C(CC1CCCCC1)C[PH](=O)OC(CC1CCCCC1)NC(=O)[C@H](Cc1c[nH]cn1)NC(=O)C(Cc1cccc2ccccc12)NC(=O)OCc1ccccc1. The lowest BCUT2D eigenvalue weighted by atomic mass is 9.83. The Bertz CT molecular complexity index is 2000. The van der Waals surface area contributed by atoms with Crippen LogP contribution < -0.4 is 16.0 Å². The van der Waals surface area contributed by atoms with Gasteiger partial charge in [0.1, 0.15) is 24.9 Å². The number of H-pyrrole nitrogens is 1. The van der Waals surface area contributed by atoms with Crippen LogP contribution in [0.15, 0.2) is 85.3 Å². The van der Waals surface area contributed by atoms with Gasteiger partial charge in [-0.25, -0.2) is 9.78 Å². The summed E-state index contributed by atoms with van der Waals surface area (Å²) in [4.78, 5) is 62.2. The molecule has 5 atom stereocenters. The monoisotopic (exact) mass is 841 g/mol. The average molecular weight is 842 g/mol. The zero-order chi connectivity index (χ0) is 42.1. The van der Waals surface area contributed by atoms with Crippen LogP contribution in [0.2, 0.25) is 0 Å². The van der Waals surface area contributed by atoms with Crippen LogP contribution in [0.3, 0.4) is 0 Å². The van der Waals surface area contributed by atoms with Gasteiger partial charge in [-0.2, -0.15) is 0 Å². The largest absolute Gasteiger partial charge is 0.469 e. The Labute approximate surface area is 353 Å². The van der Waals surface area contributed by atoms with E-state index in [1.165, 1.54) is 19.9 Å². The molecule has 0 saturated heterocycles. The maximum Gasteiger partial charge on any atom is 0.408 e. The zero-order valence-electron chi connectivity index (χ0n) is 34.6. The van der Waals surface area contributed by atoms with Gasteiger partial charge in [0.05, 0.1) is 25.0 Å². The highest BCUT2D eigenvalue weighted by atomic mass is 31.1. The molecule has 4 N–H and O–H groups in total. The van der Waals surface area contributed by atoms with Crippen LogP contribution in [0, 0.1) is 17.8 Å². The van der Waals surface area contributed by atoms with Crippen LogP contribution in [0.1, 0.15) is 93.9 Å². The summed E-state index contributed by atoms with van der Waals surface area (Å²) in [6.07, 6.45) is 13.3. The lowest BCUT2D eigenvalue weighted by Gasteiger charge is -2.29. The van der Waals surface area contributed by atoms with Gasteiger partial charge in [0.25, 0.3) is 0 Å². The number of nitrogens with one attached hydrogen (secondary N) is 4. The van der Waals surface area contributed by atoms with Crippen LogP contribution in [0.25, 0.3) is 10.8 Å². The highest BCUT2D eigenvalue weighted by Crippen LogP contribution is 2.37. The zero-order valence-corrected chi connectivity index (χ0v) is 35.6. The van der Waals surface area contributed by atoms with Gasteiger partial charge in [-0.15, -0.1) is 0 Å². The van der Waals surface area contributed by atoms with Crippen molar-refractivity contribution < 1.29 is 37.7 Å². The molecule has 322 valence electrons. The number of fused-ring (bicyclic) bond motifs is 1. The van der Waals surface area contributed by atoms with Gasteiger partial charge in [-0.3, -0.25) is 18.9 Å². The Balaban J connectivity index is 1.20. The van der Waals surface area contributed by atoms with E-state index in [4.69, 9.17) is 14.0 Å². The lowest BCUT2D eigenvalue weighted by Crippen LogP contribution is -2.56. The average Bonchev–Trinajstić information content (AvgIpc) is 3.79. The summed E-state index contributed by atoms with van der Waals surface area (Å²) >= 11 is 0. The maximum atomic E-state index is 14.4. The Hall–Kier alpha value is -5.00. The van der Waals surface area contributed by atoms with Crippen molar-refractivity contribution in [3.8, 4) is 0 Å². The third-order valence-corrected chi connectivity index (χ3v) is 13.2. The van der Waals surface area contributed by atoms with Gasteiger partial charge in [0.2, 0.25) is 11.8 Å². The summed E-state index contributed by atoms with van der Waals surface area (Å²) in [5, 5.41) is 10.6.